The van der Waals surface area contributed by atoms with Gasteiger partial charge in [0.2, 0.25) is 0 Å². The fourth-order valence-corrected chi connectivity index (χ4v) is 3.52. The highest BCUT2D eigenvalue weighted by molar-refractivity contribution is 5.30. The van der Waals surface area contributed by atoms with Crippen molar-refractivity contribution < 1.29 is 19.7 Å². The zero-order valence-electron chi connectivity index (χ0n) is 12.8. The molecular formula is C16H28O4. The van der Waals surface area contributed by atoms with Crippen LogP contribution in [0.2, 0.25) is 0 Å². The average Bonchev–Trinajstić information content (AvgIpc) is 2.36. The van der Waals surface area contributed by atoms with E-state index >= 15 is 0 Å². The summed E-state index contributed by atoms with van der Waals surface area (Å²) in [5.74, 6) is 1.16. The quantitative estimate of drug-likeness (QED) is 0.557. The van der Waals surface area contributed by atoms with Gasteiger partial charge in [-0.2, -0.15) is 0 Å². The van der Waals surface area contributed by atoms with Crippen molar-refractivity contribution in [2.45, 2.75) is 71.6 Å². The predicted octanol–water partition coefficient (Wildman–Crippen LogP) is 2.59. The highest BCUT2D eigenvalue weighted by atomic mass is 16.7. The molecule has 0 aromatic carbocycles. The molecule has 116 valence electrons. The number of aliphatic hydroxyl groups excluding tert-OH is 2. The lowest BCUT2D eigenvalue weighted by molar-refractivity contribution is -0.205. The van der Waals surface area contributed by atoms with Gasteiger partial charge in [-0.25, -0.2) is 0 Å². The lowest BCUT2D eigenvalue weighted by Gasteiger charge is -2.42. The molecule has 5 atom stereocenters. The molecule has 2 rings (SSSR count). The largest absolute Gasteiger partial charge is 0.368 e. The fraction of sp³-hybridized carbons (Fsp3) is 0.875. The monoisotopic (exact) mass is 284 g/mol. The molecule has 5 unspecified atom stereocenters. The highest BCUT2D eigenvalue weighted by Crippen LogP contribution is 2.47. The summed E-state index contributed by atoms with van der Waals surface area (Å²) < 4.78 is 10.8. The zero-order valence-corrected chi connectivity index (χ0v) is 12.8. The first kappa shape index (κ1) is 16.0. The van der Waals surface area contributed by atoms with Crippen molar-refractivity contribution in [2.75, 3.05) is 6.61 Å². The Hall–Kier alpha value is -0.420. The maximum atomic E-state index is 9.89. The molecule has 2 aliphatic carbocycles. The Kier molecular flexibility index (Phi) is 5.61. The molecule has 4 heteroatoms. The number of ether oxygens (including phenoxy) is 2. The Morgan fingerprint density at radius 3 is 2.60 bits per heavy atom. The topological polar surface area (TPSA) is 58.9 Å². The van der Waals surface area contributed by atoms with Crippen LogP contribution in [-0.2, 0) is 9.47 Å². The van der Waals surface area contributed by atoms with E-state index in [1.54, 1.807) is 11.1 Å². The second kappa shape index (κ2) is 7.03. The summed E-state index contributed by atoms with van der Waals surface area (Å²) in [6, 6.07) is 0. The Labute approximate surface area is 121 Å². The summed E-state index contributed by atoms with van der Waals surface area (Å²) in [5, 5.41) is 19.0. The molecule has 0 radical (unpaired) electrons. The van der Waals surface area contributed by atoms with Crippen LogP contribution in [-0.4, -0.2) is 35.5 Å². The van der Waals surface area contributed by atoms with E-state index in [1.165, 1.54) is 26.2 Å². The smallest absolute Gasteiger partial charge is 0.178 e. The van der Waals surface area contributed by atoms with Gasteiger partial charge in [-0.15, -0.1) is 0 Å². The van der Waals surface area contributed by atoms with Crippen LogP contribution in [0.15, 0.2) is 11.1 Å². The Bertz CT molecular complexity index is 350. The van der Waals surface area contributed by atoms with E-state index in [-0.39, 0.29) is 12.7 Å². The summed E-state index contributed by atoms with van der Waals surface area (Å²) in [6.45, 7) is 5.94. The minimum atomic E-state index is -0.962. The van der Waals surface area contributed by atoms with Gasteiger partial charge in [0.25, 0.3) is 0 Å². The number of allylic oxidation sites excluding steroid dienone is 1. The fourth-order valence-electron chi connectivity index (χ4n) is 3.52. The third-order valence-electron chi connectivity index (χ3n) is 4.51. The highest BCUT2D eigenvalue weighted by Gasteiger charge is 2.36. The second-order valence-corrected chi connectivity index (χ2v) is 6.25. The minimum Gasteiger partial charge on any atom is -0.368 e. The van der Waals surface area contributed by atoms with Gasteiger partial charge in [-0.05, 0) is 44.9 Å². The van der Waals surface area contributed by atoms with Crippen molar-refractivity contribution in [1.82, 2.24) is 0 Å². The maximum Gasteiger partial charge on any atom is 0.178 e. The Morgan fingerprint density at radius 2 is 2.05 bits per heavy atom. The van der Waals surface area contributed by atoms with Crippen LogP contribution in [0.25, 0.3) is 0 Å². The molecule has 2 N–H and O–H groups in total. The Balaban J connectivity index is 1.92. The van der Waals surface area contributed by atoms with E-state index in [9.17, 15) is 5.11 Å². The maximum absolute atomic E-state index is 9.89. The molecule has 2 aliphatic rings. The predicted molar refractivity (Wildman–Crippen MR) is 77.0 cm³/mol. The molecule has 0 amide bonds. The molecule has 0 aromatic heterocycles. The standard InChI is InChI=1S/C16H28O4/c1-4-15(20-16(18)9-19-11(3)17)14-8-10(2)7-12-5-6-13(12)14/h10-11,14-18H,4-9H2,1-3H3. The van der Waals surface area contributed by atoms with E-state index in [0.717, 1.165) is 12.8 Å². The van der Waals surface area contributed by atoms with E-state index < -0.39 is 12.6 Å². The summed E-state index contributed by atoms with van der Waals surface area (Å²) in [7, 11) is 0. The van der Waals surface area contributed by atoms with Crippen molar-refractivity contribution in [3.8, 4) is 0 Å². The van der Waals surface area contributed by atoms with E-state index in [1.807, 2.05) is 0 Å². The number of aliphatic hydroxyl groups is 2. The normalized spacial score (nSPS) is 30.4. The van der Waals surface area contributed by atoms with Crippen LogP contribution >= 0.6 is 0 Å². The van der Waals surface area contributed by atoms with E-state index in [2.05, 4.69) is 13.8 Å². The van der Waals surface area contributed by atoms with Crippen LogP contribution in [0.1, 0.15) is 52.9 Å². The van der Waals surface area contributed by atoms with Crippen molar-refractivity contribution >= 4 is 0 Å². The molecule has 4 nitrogen and oxygen atoms in total. The van der Waals surface area contributed by atoms with Crippen LogP contribution in [0.4, 0.5) is 0 Å². The van der Waals surface area contributed by atoms with Crippen LogP contribution in [0.5, 0.6) is 0 Å². The summed E-state index contributed by atoms with van der Waals surface area (Å²) in [6.07, 6.45) is 3.96. The van der Waals surface area contributed by atoms with Crippen LogP contribution < -0.4 is 0 Å². The average molecular weight is 284 g/mol. The van der Waals surface area contributed by atoms with Gasteiger partial charge in [0.1, 0.15) is 6.61 Å². The molecular weight excluding hydrogens is 256 g/mol. The summed E-state index contributed by atoms with van der Waals surface area (Å²) in [4.78, 5) is 0. The van der Waals surface area contributed by atoms with Crippen LogP contribution in [0, 0.1) is 11.8 Å². The van der Waals surface area contributed by atoms with Gasteiger partial charge < -0.3 is 19.7 Å². The van der Waals surface area contributed by atoms with E-state index in [4.69, 9.17) is 14.6 Å². The molecule has 0 saturated heterocycles. The molecule has 0 bridgehead atoms. The number of hydrogen-bond acceptors (Lipinski definition) is 4. The summed E-state index contributed by atoms with van der Waals surface area (Å²) in [5.41, 5.74) is 3.21. The number of rotatable bonds is 7. The first-order chi connectivity index (χ1) is 9.51. The van der Waals surface area contributed by atoms with Crippen molar-refractivity contribution in [3.05, 3.63) is 11.1 Å². The molecule has 20 heavy (non-hydrogen) atoms. The zero-order chi connectivity index (χ0) is 14.7. The third kappa shape index (κ3) is 3.82. The molecule has 0 saturated carbocycles. The Morgan fingerprint density at radius 1 is 1.30 bits per heavy atom. The first-order valence-corrected chi connectivity index (χ1v) is 7.85. The lowest BCUT2D eigenvalue weighted by atomic mass is 9.66. The first-order valence-electron chi connectivity index (χ1n) is 7.85. The third-order valence-corrected chi connectivity index (χ3v) is 4.51. The molecule has 0 aromatic rings. The van der Waals surface area contributed by atoms with Gasteiger partial charge in [0.15, 0.2) is 12.6 Å². The van der Waals surface area contributed by atoms with Crippen LogP contribution in [0.3, 0.4) is 0 Å². The van der Waals surface area contributed by atoms with Gasteiger partial charge in [0.05, 0.1) is 6.10 Å². The molecule has 0 aliphatic heterocycles. The van der Waals surface area contributed by atoms with E-state index in [0.29, 0.717) is 11.8 Å². The van der Waals surface area contributed by atoms with Gasteiger partial charge in [-0.1, -0.05) is 25.0 Å². The second-order valence-electron chi connectivity index (χ2n) is 6.25. The number of hydrogen-bond donors (Lipinski definition) is 2. The molecule has 0 fully saturated rings. The molecule has 0 heterocycles. The summed E-state index contributed by atoms with van der Waals surface area (Å²) >= 11 is 0. The SMILES string of the molecule is CCC(OC(O)COC(C)O)C1CC(C)CC2=C1CC2. The molecule has 0 spiro atoms. The van der Waals surface area contributed by atoms with Gasteiger partial charge in [-0.3, -0.25) is 0 Å². The lowest BCUT2D eigenvalue weighted by Crippen LogP contribution is -2.37. The van der Waals surface area contributed by atoms with Gasteiger partial charge in [0, 0.05) is 5.92 Å². The minimum absolute atomic E-state index is 0.0162. The van der Waals surface area contributed by atoms with Crippen molar-refractivity contribution in [1.29, 1.82) is 0 Å². The van der Waals surface area contributed by atoms with Gasteiger partial charge >= 0.3 is 0 Å². The van der Waals surface area contributed by atoms with Crippen molar-refractivity contribution in [3.63, 3.8) is 0 Å². The van der Waals surface area contributed by atoms with Crippen molar-refractivity contribution in [2.24, 2.45) is 11.8 Å².